The van der Waals surface area contributed by atoms with Crippen molar-refractivity contribution < 1.29 is 27.8 Å². The predicted molar refractivity (Wildman–Crippen MR) is 110 cm³/mol. The Bertz CT molecular complexity index is 928. The van der Waals surface area contributed by atoms with Crippen LogP contribution in [0.5, 0.6) is 0 Å². The quantitative estimate of drug-likeness (QED) is 0.466. The van der Waals surface area contributed by atoms with Crippen LogP contribution >= 0.6 is 11.8 Å². The van der Waals surface area contributed by atoms with E-state index in [9.17, 15) is 13.6 Å². The number of ether oxygens (including phenoxy) is 3. The molecule has 2 aromatic carbocycles. The van der Waals surface area contributed by atoms with Crippen LogP contribution in [0.2, 0.25) is 0 Å². The SMILES string of the molecule is COCOCC1(c2ccccc2)SC(c2cc(F)ccc2F)=NN1C(=O)[C@@H](C)OC. The molecule has 0 bridgehead atoms. The number of hydrogen-bond donors (Lipinski definition) is 0. The molecule has 0 saturated heterocycles. The van der Waals surface area contributed by atoms with Gasteiger partial charge in [0.25, 0.3) is 5.91 Å². The van der Waals surface area contributed by atoms with Crippen molar-refractivity contribution in [1.29, 1.82) is 0 Å². The van der Waals surface area contributed by atoms with Gasteiger partial charge < -0.3 is 14.2 Å². The van der Waals surface area contributed by atoms with Crippen molar-refractivity contribution in [2.45, 2.75) is 17.9 Å². The fraction of sp³-hybridized carbons (Fsp3) is 0.333. The largest absolute Gasteiger partial charge is 0.372 e. The number of rotatable bonds is 8. The maximum Gasteiger partial charge on any atom is 0.273 e. The molecule has 0 aromatic heterocycles. The fourth-order valence-corrected chi connectivity index (χ4v) is 4.30. The van der Waals surface area contributed by atoms with Crippen molar-refractivity contribution >= 4 is 22.7 Å². The molecule has 2 atom stereocenters. The summed E-state index contributed by atoms with van der Waals surface area (Å²) in [5.41, 5.74) is 0.672. The Balaban J connectivity index is 2.13. The second-order valence-electron chi connectivity index (χ2n) is 6.56. The molecule has 160 valence electrons. The molecule has 0 spiro atoms. The molecule has 0 N–H and O–H groups in total. The van der Waals surface area contributed by atoms with Gasteiger partial charge in [0.05, 0.1) is 6.61 Å². The highest BCUT2D eigenvalue weighted by atomic mass is 32.2. The lowest BCUT2D eigenvalue weighted by molar-refractivity contribution is -0.148. The smallest absolute Gasteiger partial charge is 0.273 e. The van der Waals surface area contributed by atoms with E-state index >= 15 is 0 Å². The Hall–Kier alpha value is -2.33. The third-order valence-electron chi connectivity index (χ3n) is 4.59. The normalized spacial score (nSPS) is 19.6. The van der Waals surface area contributed by atoms with Crippen LogP contribution in [0.3, 0.4) is 0 Å². The molecule has 0 fully saturated rings. The van der Waals surface area contributed by atoms with E-state index in [2.05, 4.69) is 5.10 Å². The lowest BCUT2D eigenvalue weighted by atomic mass is 10.1. The molecule has 1 aliphatic rings. The van der Waals surface area contributed by atoms with Crippen LogP contribution < -0.4 is 0 Å². The first-order valence-corrected chi connectivity index (χ1v) is 9.96. The lowest BCUT2D eigenvalue weighted by Gasteiger charge is -2.36. The van der Waals surface area contributed by atoms with Crippen molar-refractivity contribution in [2.24, 2.45) is 5.10 Å². The number of nitrogens with zero attached hydrogens (tertiary/aromatic N) is 2. The average Bonchev–Trinajstić information content (AvgIpc) is 3.15. The molecule has 2 aromatic rings. The summed E-state index contributed by atoms with van der Waals surface area (Å²) in [7, 11) is 2.89. The Kier molecular flexibility index (Phi) is 7.19. The molecule has 1 heterocycles. The Morgan fingerprint density at radius 2 is 1.93 bits per heavy atom. The van der Waals surface area contributed by atoms with Crippen LogP contribution in [0.4, 0.5) is 8.78 Å². The summed E-state index contributed by atoms with van der Waals surface area (Å²) in [5, 5.41) is 5.79. The summed E-state index contributed by atoms with van der Waals surface area (Å²) >= 11 is 1.11. The van der Waals surface area contributed by atoms with E-state index in [4.69, 9.17) is 14.2 Å². The summed E-state index contributed by atoms with van der Waals surface area (Å²) in [6.07, 6.45) is -0.809. The van der Waals surface area contributed by atoms with Crippen LogP contribution in [0.25, 0.3) is 0 Å². The molecular formula is C21H22F2N2O4S. The second-order valence-corrected chi connectivity index (χ2v) is 7.83. The molecular weight excluding hydrogens is 414 g/mol. The van der Waals surface area contributed by atoms with Gasteiger partial charge in [-0.15, -0.1) is 0 Å². The molecule has 1 unspecified atom stereocenters. The summed E-state index contributed by atoms with van der Waals surface area (Å²) in [6, 6.07) is 12.2. The zero-order chi connectivity index (χ0) is 21.7. The Morgan fingerprint density at radius 1 is 1.20 bits per heavy atom. The summed E-state index contributed by atoms with van der Waals surface area (Å²) in [6.45, 7) is 1.58. The predicted octanol–water partition coefficient (Wildman–Crippen LogP) is 3.71. The van der Waals surface area contributed by atoms with E-state index in [1.165, 1.54) is 19.2 Å². The van der Waals surface area contributed by atoms with Gasteiger partial charge in [0.15, 0.2) is 4.87 Å². The molecule has 3 rings (SSSR count). The van der Waals surface area contributed by atoms with Gasteiger partial charge in [-0.25, -0.2) is 13.8 Å². The third-order valence-corrected chi connectivity index (χ3v) is 5.95. The van der Waals surface area contributed by atoms with Gasteiger partial charge in [-0.1, -0.05) is 42.1 Å². The molecule has 30 heavy (non-hydrogen) atoms. The maximum absolute atomic E-state index is 14.5. The summed E-state index contributed by atoms with van der Waals surface area (Å²) < 4.78 is 44.1. The standard InChI is InChI=1S/C21H22F2N2O4S/c1-14(28-3)20(26)25-21(12-29-13-27-2,15-7-5-4-6-8-15)30-19(24-25)17-11-16(22)9-10-18(17)23/h4-11,14H,12-13H2,1-3H3/t14-,21?/m1/s1. The van der Waals surface area contributed by atoms with Crippen LogP contribution in [-0.2, 0) is 23.9 Å². The summed E-state index contributed by atoms with van der Waals surface area (Å²) in [4.78, 5) is 12.0. The minimum Gasteiger partial charge on any atom is -0.372 e. The van der Waals surface area contributed by atoms with Gasteiger partial charge in [-0.3, -0.25) is 4.79 Å². The van der Waals surface area contributed by atoms with Gasteiger partial charge in [0.2, 0.25) is 0 Å². The molecule has 0 radical (unpaired) electrons. The van der Waals surface area contributed by atoms with Crippen molar-refractivity contribution in [3.63, 3.8) is 0 Å². The Morgan fingerprint density at radius 3 is 2.60 bits per heavy atom. The van der Waals surface area contributed by atoms with Crippen LogP contribution in [0.1, 0.15) is 18.1 Å². The minimum absolute atomic E-state index is 0.00162. The van der Waals surface area contributed by atoms with E-state index in [1.54, 1.807) is 6.92 Å². The van der Waals surface area contributed by atoms with Gasteiger partial charge in [-0.2, -0.15) is 5.10 Å². The number of carbonyl (C=O) groups is 1. The summed E-state index contributed by atoms with van der Waals surface area (Å²) in [5.74, 6) is -1.69. The minimum atomic E-state index is -1.16. The number of hydrazone groups is 1. The van der Waals surface area contributed by atoms with Crippen molar-refractivity contribution in [3.8, 4) is 0 Å². The highest BCUT2D eigenvalue weighted by Crippen LogP contribution is 2.48. The topological polar surface area (TPSA) is 60.4 Å². The zero-order valence-electron chi connectivity index (χ0n) is 16.8. The third kappa shape index (κ3) is 4.39. The Labute approximate surface area is 177 Å². The average molecular weight is 436 g/mol. The number of benzene rings is 2. The molecule has 9 heteroatoms. The number of hydrogen-bond acceptors (Lipinski definition) is 6. The van der Waals surface area contributed by atoms with Crippen LogP contribution in [0.15, 0.2) is 53.6 Å². The molecule has 1 amide bonds. The number of amides is 1. The highest BCUT2D eigenvalue weighted by Gasteiger charge is 2.50. The zero-order valence-corrected chi connectivity index (χ0v) is 17.6. The van der Waals surface area contributed by atoms with Gasteiger partial charge in [0, 0.05) is 19.8 Å². The molecule has 0 saturated carbocycles. The van der Waals surface area contributed by atoms with E-state index in [1.807, 2.05) is 30.3 Å². The monoisotopic (exact) mass is 436 g/mol. The fourth-order valence-electron chi connectivity index (χ4n) is 2.98. The van der Waals surface area contributed by atoms with Crippen LogP contribution in [0, 0.1) is 11.6 Å². The molecule has 0 aliphatic carbocycles. The van der Waals surface area contributed by atoms with Crippen molar-refractivity contribution in [3.05, 3.63) is 71.3 Å². The molecule has 6 nitrogen and oxygen atoms in total. The number of thioether (sulfide) groups is 1. The molecule has 1 aliphatic heterocycles. The van der Waals surface area contributed by atoms with E-state index in [0.717, 1.165) is 30.0 Å². The lowest BCUT2D eigenvalue weighted by Crippen LogP contribution is -2.48. The highest BCUT2D eigenvalue weighted by molar-refractivity contribution is 8.15. The van der Waals surface area contributed by atoms with Gasteiger partial charge in [0.1, 0.15) is 29.6 Å². The van der Waals surface area contributed by atoms with Gasteiger partial charge >= 0.3 is 0 Å². The second kappa shape index (κ2) is 9.65. The van der Waals surface area contributed by atoms with Crippen molar-refractivity contribution in [2.75, 3.05) is 27.6 Å². The number of methoxy groups -OCH3 is 2. The first kappa shape index (κ1) is 22.4. The maximum atomic E-state index is 14.5. The van der Waals surface area contributed by atoms with E-state index in [-0.39, 0.29) is 24.0 Å². The number of halogens is 2. The van der Waals surface area contributed by atoms with Gasteiger partial charge in [-0.05, 0) is 30.7 Å². The van der Waals surface area contributed by atoms with E-state index in [0.29, 0.717) is 5.56 Å². The van der Waals surface area contributed by atoms with E-state index < -0.39 is 28.5 Å². The number of carbonyl (C=O) groups excluding carboxylic acids is 1. The first-order chi connectivity index (χ1) is 14.4. The van der Waals surface area contributed by atoms with Crippen molar-refractivity contribution in [1.82, 2.24) is 5.01 Å². The first-order valence-electron chi connectivity index (χ1n) is 9.15. The van der Waals surface area contributed by atoms with Crippen LogP contribution in [-0.4, -0.2) is 49.7 Å².